The van der Waals surface area contributed by atoms with E-state index in [1.54, 1.807) is 0 Å². The van der Waals surface area contributed by atoms with Crippen LogP contribution in [0.25, 0.3) is 10.2 Å². The minimum atomic E-state index is -0.0354. The molecule has 132 valence electrons. The first-order valence-corrected chi connectivity index (χ1v) is 9.12. The molecule has 0 saturated carbocycles. The van der Waals surface area contributed by atoms with Gasteiger partial charge in [-0.2, -0.15) is 5.10 Å². The average molecular weight is 358 g/mol. The first-order valence-electron chi connectivity index (χ1n) is 8.30. The van der Waals surface area contributed by atoms with Gasteiger partial charge in [-0.3, -0.25) is 9.48 Å². The molecular formula is C18H22N4O2S. The highest BCUT2D eigenvalue weighted by atomic mass is 32.1. The lowest BCUT2D eigenvalue weighted by Crippen LogP contribution is -2.12. The third kappa shape index (κ3) is 3.82. The van der Waals surface area contributed by atoms with Gasteiger partial charge < -0.3 is 10.1 Å². The molecular weight excluding hydrogens is 336 g/mol. The smallest absolute Gasteiger partial charge is 0.226 e. The number of hydrogen-bond acceptors (Lipinski definition) is 5. The van der Waals surface area contributed by atoms with Crippen LogP contribution in [-0.4, -0.2) is 27.3 Å². The van der Waals surface area contributed by atoms with Gasteiger partial charge in [0.15, 0.2) is 5.13 Å². The second-order valence-electron chi connectivity index (χ2n) is 5.90. The zero-order valence-electron chi connectivity index (χ0n) is 14.9. The van der Waals surface area contributed by atoms with Crippen LogP contribution in [0.15, 0.2) is 18.2 Å². The van der Waals surface area contributed by atoms with Crippen LogP contribution in [0.5, 0.6) is 5.75 Å². The van der Waals surface area contributed by atoms with Gasteiger partial charge in [0.1, 0.15) is 5.75 Å². The van der Waals surface area contributed by atoms with Crippen LogP contribution in [0, 0.1) is 13.8 Å². The standard InChI is InChI=1S/C18H22N4O2S/c1-5-24-13-6-8-15-16(10-13)25-18(19-15)20-17(23)9-7-14-11(2)21-22(4)12(14)3/h6,8,10H,5,7,9H2,1-4H3,(H,19,20,23). The highest BCUT2D eigenvalue weighted by Crippen LogP contribution is 2.29. The number of benzene rings is 1. The molecule has 0 radical (unpaired) electrons. The van der Waals surface area contributed by atoms with Crippen LogP contribution < -0.4 is 10.1 Å². The van der Waals surface area contributed by atoms with Crippen molar-refractivity contribution >= 4 is 32.6 Å². The van der Waals surface area contributed by atoms with Crippen molar-refractivity contribution in [3.8, 4) is 5.75 Å². The van der Waals surface area contributed by atoms with Gasteiger partial charge >= 0.3 is 0 Å². The molecule has 1 N–H and O–H groups in total. The van der Waals surface area contributed by atoms with Gasteiger partial charge in [0, 0.05) is 19.2 Å². The van der Waals surface area contributed by atoms with Crippen molar-refractivity contribution in [3.63, 3.8) is 0 Å². The Balaban J connectivity index is 1.65. The summed E-state index contributed by atoms with van der Waals surface area (Å²) in [7, 11) is 1.92. The summed E-state index contributed by atoms with van der Waals surface area (Å²) in [6.45, 7) is 6.58. The summed E-state index contributed by atoms with van der Waals surface area (Å²) in [5, 5.41) is 7.91. The lowest BCUT2D eigenvalue weighted by molar-refractivity contribution is -0.116. The minimum absolute atomic E-state index is 0.0354. The Labute approximate surface area is 150 Å². The molecule has 0 bridgehead atoms. The van der Waals surface area contributed by atoms with E-state index >= 15 is 0 Å². The molecule has 3 rings (SSSR count). The Kier molecular flexibility index (Phi) is 5.03. The number of hydrogen-bond donors (Lipinski definition) is 1. The van der Waals surface area contributed by atoms with E-state index in [1.807, 2.05) is 50.7 Å². The first kappa shape index (κ1) is 17.4. The third-order valence-corrected chi connectivity index (χ3v) is 5.11. The number of nitrogens with zero attached hydrogens (tertiary/aromatic N) is 3. The number of aryl methyl sites for hydroxylation is 2. The predicted molar refractivity (Wildman–Crippen MR) is 100 cm³/mol. The van der Waals surface area contributed by atoms with E-state index in [0.29, 0.717) is 24.6 Å². The quantitative estimate of drug-likeness (QED) is 0.731. The Morgan fingerprint density at radius 2 is 2.16 bits per heavy atom. The number of rotatable bonds is 6. The summed E-state index contributed by atoms with van der Waals surface area (Å²) in [5.41, 5.74) is 4.09. The number of anilines is 1. The van der Waals surface area contributed by atoms with Crippen LogP contribution in [0.1, 0.15) is 30.3 Å². The second-order valence-corrected chi connectivity index (χ2v) is 6.93. The normalized spacial score (nSPS) is 11.0. The Bertz CT molecular complexity index is 913. The molecule has 0 atom stereocenters. The fraction of sp³-hybridized carbons (Fsp3) is 0.389. The number of ether oxygens (including phenoxy) is 1. The van der Waals surface area contributed by atoms with Crippen molar-refractivity contribution in [1.29, 1.82) is 0 Å². The molecule has 0 saturated heterocycles. The molecule has 2 aromatic heterocycles. The van der Waals surface area contributed by atoms with Crippen LogP contribution >= 0.6 is 11.3 Å². The molecule has 7 heteroatoms. The van der Waals surface area contributed by atoms with Crippen molar-refractivity contribution in [2.24, 2.45) is 7.05 Å². The van der Waals surface area contributed by atoms with E-state index in [-0.39, 0.29) is 5.91 Å². The Hall–Kier alpha value is -2.41. The highest BCUT2D eigenvalue weighted by molar-refractivity contribution is 7.22. The van der Waals surface area contributed by atoms with Gasteiger partial charge in [0.05, 0.1) is 22.5 Å². The van der Waals surface area contributed by atoms with Crippen LogP contribution in [-0.2, 0) is 18.3 Å². The third-order valence-electron chi connectivity index (χ3n) is 4.18. The SMILES string of the molecule is CCOc1ccc2nc(NC(=O)CCc3c(C)nn(C)c3C)sc2c1. The zero-order chi connectivity index (χ0) is 18.0. The maximum Gasteiger partial charge on any atom is 0.226 e. The fourth-order valence-corrected chi connectivity index (χ4v) is 3.72. The molecule has 6 nitrogen and oxygen atoms in total. The van der Waals surface area contributed by atoms with E-state index in [9.17, 15) is 4.79 Å². The molecule has 0 spiro atoms. The molecule has 3 aromatic rings. The maximum atomic E-state index is 12.3. The molecule has 1 amide bonds. The molecule has 0 aliphatic heterocycles. The van der Waals surface area contributed by atoms with Gasteiger partial charge in [-0.1, -0.05) is 11.3 Å². The van der Waals surface area contributed by atoms with Gasteiger partial charge in [0.25, 0.3) is 0 Å². The Morgan fingerprint density at radius 3 is 2.84 bits per heavy atom. The van der Waals surface area contributed by atoms with Gasteiger partial charge in [-0.05, 0) is 51.0 Å². The van der Waals surface area contributed by atoms with E-state index < -0.39 is 0 Å². The summed E-state index contributed by atoms with van der Waals surface area (Å²) in [6, 6.07) is 5.76. The van der Waals surface area contributed by atoms with E-state index in [0.717, 1.165) is 32.9 Å². The van der Waals surface area contributed by atoms with Crippen LogP contribution in [0.2, 0.25) is 0 Å². The number of amides is 1. The van der Waals surface area contributed by atoms with E-state index in [1.165, 1.54) is 11.3 Å². The molecule has 25 heavy (non-hydrogen) atoms. The minimum Gasteiger partial charge on any atom is -0.494 e. The first-order chi connectivity index (χ1) is 12.0. The number of nitrogens with one attached hydrogen (secondary N) is 1. The monoisotopic (exact) mass is 358 g/mol. The average Bonchev–Trinajstić information content (AvgIpc) is 3.06. The molecule has 1 aromatic carbocycles. The summed E-state index contributed by atoms with van der Waals surface area (Å²) in [6.07, 6.45) is 1.09. The summed E-state index contributed by atoms with van der Waals surface area (Å²) >= 11 is 1.46. The maximum absolute atomic E-state index is 12.3. The zero-order valence-corrected chi connectivity index (χ0v) is 15.7. The predicted octanol–water partition coefficient (Wildman–Crippen LogP) is 3.62. The van der Waals surface area contributed by atoms with Gasteiger partial charge in [-0.25, -0.2) is 4.98 Å². The number of carbonyl (C=O) groups excluding carboxylic acids is 1. The van der Waals surface area contributed by atoms with Crippen LogP contribution in [0.4, 0.5) is 5.13 Å². The number of fused-ring (bicyclic) bond motifs is 1. The van der Waals surface area contributed by atoms with E-state index in [4.69, 9.17) is 4.74 Å². The summed E-state index contributed by atoms with van der Waals surface area (Å²) < 4.78 is 8.35. The summed E-state index contributed by atoms with van der Waals surface area (Å²) in [5.74, 6) is 0.783. The van der Waals surface area contributed by atoms with Crippen molar-refractivity contribution in [3.05, 3.63) is 35.2 Å². The molecule has 0 aliphatic carbocycles. The molecule has 0 unspecified atom stereocenters. The van der Waals surface area contributed by atoms with Crippen molar-refractivity contribution < 1.29 is 9.53 Å². The Morgan fingerprint density at radius 1 is 1.36 bits per heavy atom. The lowest BCUT2D eigenvalue weighted by Gasteiger charge is -2.03. The van der Waals surface area contributed by atoms with Crippen molar-refractivity contribution in [2.45, 2.75) is 33.6 Å². The number of carbonyl (C=O) groups is 1. The molecule has 0 aliphatic rings. The summed E-state index contributed by atoms with van der Waals surface area (Å²) in [4.78, 5) is 16.7. The molecule has 2 heterocycles. The van der Waals surface area contributed by atoms with Crippen molar-refractivity contribution in [1.82, 2.24) is 14.8 Å². The molecule has 0 fully saturated rings. The van der Waals surface area contributed by atoms with Crippen LogP contribution in [0.3, 0.4) is 0 Å². The largest absolute Gasteiger partial charge is 0.494 e. The highest BCUT2D eigenvalue weighted by Gasteiger charge is 2.13. The lowest BCUT2D eigenvalue weighted by atomic mass is 10.1. The number of thiazole rings is 1. The van der Waals surface area contributed by atoms with Crippen molar-refractivity contribution in [2.75, 3.05) is 11.9 Å². The fourth-order valence-electron chi connectivity index (χ4n) is 2.81. The van der Waals surface area contributed by atoms with Gasteiger partial charge in [-0.15, -0.1) is 0 Å². The van der Waals surface area contributed by atoms with Gasteiger partial charge in [0.2, 0.25) is 5.91 Å². The topological polar surface area (TPSA) is 69.0 Å². The number of aromatic nitrogens is 3. The second kappa shape index (κ2) is 7.23. The van der Waals surface area contributed by atoms with E-state index in [2.05, 4.69) is 15.4 Å².